The topological polar surface area (TPSA) is 70.7 Å². The van der Waals surface area contributed by atoms with Gasteiger partial charge in [-0.05, 0) is 42.7 Å². The van der Waals surface area contributed by atoms with Crippen LogP contribution in [0, 0.1) is 11.8 Å². The van der Waals surface area contributed by atoms with Gasteiger partial charge < -0.3 is 20.3 Å². The second-order valence-electron chi connectivity index (χ2n) is 7.59. The molecule has 1 aliphatic carbocycles. The number of hydrogen-bond donors (Lipinski definition) is 2. The van der Waals surface area contributed by atoms with Gasteiger partial charge in [0.2, 0.25) is 11.8 Å². The molecule has 29 heavy (non-hydrogen) atoms. The molecule has 2 amide bonds. The lowest BCUT2D eigenvalue weighted by Gasteiger charge is -2.30. The molecule has 1 heterocycles. The number of benzene rings is 2. The van der Waals surface area contributed by atoms with E-state index in [0.29, 0.717) is 19.6 Å². The molecule has 2 aromatic carbocycles. The van der Waals surface area contributed by atoms with Crippen LogP contribution in [0.15, 0.2) is 48.5 Å². The summed E-state index contributed by atoms with van der Waals surface area (Å²) >= 11 is 0. The van der Waals surface area contributed by atoms with E-state index in [2.05, 4.69) is 22.5 Å². The van der Waals surface area contributed by atoms with Crippen molar-refractivity contribution >= 4 is 28.9 Å². The van der Waals surface area contributed by atoms with Gasteiger partial charge in [-0.1, -0.05) is 31.2 Å². The van der Waals surface area contributed by atoms with Crippen LogP contribution in [-0.2, 0) is 20.7 Å². The van der Waals surface area contributed by atoms with E-state index in [1.54, 1.807) is 0 Å². The first-order valence-corrected chi connectivity index (χ1v) is 10.3. The van der Waals surface area contributed by atoms with E-state index < -0.39 is 0 Å². The first-order valence-electron chi connectivity index (χ1n) is 10.3. The van der Waals surface area contributed by atoms with Gasteiger partial charge in [0, 0.05) is 18.8 Å². The van der Waals surface area contributed by atoms with Crippen molar-refractivity contribution in [2.75, 3.05) is 41.8 Å². The van der Waals surface area contributed by atoms with Gasteiger partial charge in [-0.25, -0.2) is 0 Å². The zero-order chi connectivity index (χ0) is 20.2. The first-order chi connectivity index (χ1) is 14.2. The first kappa shape index (κ1) is 19.5. The lowest BCUT2D eigenvalue weighted by molar-refractivity contribution is -0.122. The number of carbonyl (C=O) groups excluding carboxylic acids is 2. The van der Waals surface area contributed by atoms with Crippen molar-refractivity contribution in [1.82, 2.24) is 0 Å². The van der Waals surface area contributed by atoms with Crippen molar-refractivity contribution < 1.29 is 14.3 Å². The molecule has 2 aromatic rings. The van der Waals surface area contributed by atoms with E-state index in [9.17, 15) is 9.59 Å². The normalized spacial score (nSPS) is 20.8. The summed E-state index contributed by atoms with van der Waals surface area (Å²) in [6.45, 7) is 5.08. The number of rotatable bonds is 6. The average molecular weight is 393 g/mol. The molecular formula is C23H27N3O3. The number of hydrogen-bond acceptors (Lipinski definition) is 4. The van der Waals surface area contributed by atoms with Gasteiger partial charge in [-0.15, -0.1) is 0 Å². The van der Waals surface area contributed by atoms with Crippen molar-refractivity contribution in [1.29, 1.82) is 0 Å². The number of aryl methyl sites for hydroxylation is 1. The standard InChI is InChI=1S/C23H27N3O3/c1-2-16-7-9-17(10-8-16)24-22(27)18-15-19(18)23(28)25-20-5-3-4-6-21(20)26-11-13-29-14-12-26/h3-10,18-19H,2,11-15H2,1H3,(H,24,27)(H,25,28). The fourth-order valence-electron chi connectivity index (χ4n) is 3.72. The molecule has 2 N–H and O–H groups in total. The maximum Gasteiger partial charge on any atom is 0.228 e. The van der Waals surface area contributed by atoms with Crippen LogP contribution in [0.25, 0.3) is 0 Å². The van der Waals surface area contributed by atoms with E-state index in [4.69, 9.17) is 4.74 Å². The number of nitrogens with one attached hydrogen (secondary N) is 2. The van der Waals surface area contributed by atoms with Gasteiger partial charge in [0.05, 0.1) is 36.4 Å². The Labute approximate surface area is 171 Å². The summed E-state index contributed by atoms with van der Waals surface area (Å²) in [4.78, 5) is 27.4. The van der Waals surface area contributed by atoms with Crippen LogP contribution in [0.3, 0.4) is 0 Å². The third-order valence-electron chi connectivity index (χ3n) is 5.61. The lowest BCUT2D eigenvalue weighted by atomic mass is 10.1. The molecule has 1 aliphatic heterocycles. The number of morpholine rings is 1. The van der Waals surface area contributed by atoms with Gasteiger partial charge in [0.15, 0.2) is 0 Å². The minimum absolute atomic E-state index is 0.0872. The summed E-state index contributed by atoms with van der Waals surface area (Å²) in [6.07, 6.45) is 1.55. The average Bonchev–Trinajstić information content (AvgIpc) is 3.57. The highest BCUT2D eigenvalue weighted by molar-refractivity contribution is 6.04. The highest BCUT2D eigenvalue weighted by Crippen LogP contribution is 2.41. The number of anilines is 3. The van der Waals surface area contributed by atoms with Crippen molar-refractivity contribution in [2.45, 2.75) is 19.8 Å². The molecule has 1 saturated heterocycles. The van der Waals surface area contributed by atoms with E-state index in [-0.39, 0.29) is 23.7 Å². The molecular weight excluding hydrogens is 366 g/mol. The van der Waals surface area contributed by atoms with Crippen LogP contribution < -0.4 is 15.5 Å². The maximum atomic E-state index is 12.7. The highest BCUT2D eigenvalue weighted by atomic mass is 16.5. The molecule has 0 aromatic heterocycles. The molecule has 6 heteroatoms. The van der Waals surface area contributed by atoms with Crippen molar-refractivity contribution in [3.63, 3.8) is 0 Å². The van der Waals surface area contributed by atoms with E-state index in [1.165, 1.54) is 5.56 Å². The third-order valence-corrected chi connectivity index (χ3v) is 5.61. The van der Waals surface area contributed by atoms with Gasteiger partial charge in [-0.3, -0.25) is 9.59 Å². The number of para-hydroxylation sites is 2. The van der Waals surface area contributed by atoms with Gasteiger partial charge in [0.1, 0.15) is 0 Å². The number of carbonyl (C=O) groups is 2. The molecule has 6 nitrogen and oxygen atoms in total. The summed E-state index contributed by atoms with van der Waals surface area (Å²) < 4.78 is 5.42. The zero-order valence-electron chi connectivity index (χ0n) is 16.7. The fourth-order valence-corrected chi connectivity index (χ4v) is 3.72. The molecule has 4 rings (SSSR count). The second kappa shape index (κ2) is 8.66. The predicted octanol–water partition coefficient (Wildman–Crippen LogP) is 3.30. The lowest BCUT2D eigenvalue weighted by Crippen LogP contribution is -2.36. The Hall–Kier alpha value is -2.86. The zero-order valence-corrected chi connectivity index (χ0v) is 16.7. The molecule has 0 bridgehead atoms. The summed E-state index contributed by atoms with van der Waals surface area (Å²) in [5.74, 6) is -0.720. The van der Waals surface area contributed by atoms with Gasteiger partial charge >= 0.3 is 0 Å². The van der Waals surface area contributed by atoms with Gasteiger partial charge in [-0.2, -0.15) is 0 Å². The number of amides is 2. The minimum atomic E-state index is -0.275. The molecule has 0 radical (unpaired) electrons. The largest absolute Gasteiger partial charge is 0.378 e. The van der Waals surface area contributed by atoms with Crippen LogP contribution in [0.2, 0.25) is 0 Å². The fraction of sp³-hybridized carbons (Fsp3) is 0.391. The summed E-state index contributed by atoms with van der Waals surface area (Å²) in [6, 6.07) is 15.6. The Kier molecular flexibility index (Phi) is 5.81. The second-order valence-corrected chi connectivity index (χ2v) is 7.59. The van der Waals surface area contributed by atoms with Gasteiger partial charge in [0.25, 0.3) is 0 Å². The summed E-state index contributed by atoms with van der Waals surface area (Å²) in [5, 5.41) is 5.96. The van der Waals surface area contributed by atoms with Crippen molar-refractivity contribution in [3.05, 3.63) is 54.1 Å². The Morgan fingerprint density at radius 2 is 1.62 bits per heavy atom. The monoisotopic (exact) mass is 393 g/mol. The quantitative estimate of drug-likeness (QED) is 0.790. The van der Waals surface area contributed by atoms with E-state index in [1.807, 2.05) is 48.5 Å². The predicted molar refractivity (Wildman–Crippen MR) is 114 cm³/mol. The van der Waals surface area contributed by atoms with Crippen LogP contribution in [0.1, 0.15) is 18.9 Å². The molecule has 1 saturated carbocycles. The highest BCUT2D eigenvalue weighted by Gasteiger charge is 2.48. The maximum absolute atomic E-state index is 12.7. The number of ether oxygens (including phenoxy) is 1. The van der Waals surface area contributed by atoms with E-state index in [0.717, 1.165) is 36.6 Å². The molecule has 2 atom stereocenters. The Bertz CT molecular complexity index is 875. The smallest absolute Gasteiger partial charge is 0.228 e. The van der Waals surface area contributed by atoms with Crippen molar-refractivity contribution in [3.8, 4) is 0 Å². The molecule has 152 valence electrons. The van der Waals surface area contributed by atoms with Crippen molar-refractivity contribution in [2.24, 2.45) is 11.8 Å². The van der Waals surface area contributed by atoms with Crippen LogP contribution in [-0.4, -0.2) is 38.1 Å². The number of nitrogens with zero attached hydrogens (tertiary/aromatic N) is 1. The summed E-state index contributed by atoms with van der Waals surface area (Å²) in [5.41, 5.74) is 3.80. The minimum Gasteiger partial charge on any atom is -0.378 e. The van der Waals surface area contributed by atoms with Crippen LogP contribution in [0.4, 0.5) is 17.1 Å². The molecule has 2 aliphatic rings. The Morgan fingerprint density at radius 1 is 0.966 bits per heavy atom. The third kappa shape index (κ3) is 4.59. The Balaban J connectivity index is 1.35. The van der Waals surface area contributed by atoms with Crippen LogP contribution >= 0.6 is 0 Å². The molecule has 2 unspecified atom stereocenters. The molecule has 0 spiro atoms. The van der Waals surface area contributed by atoms with Crippen LogP contribution in [0.5, 0.6) is 0 Å². The SMILES string of the molecule is CCc1ccc(NC(=O)C2CC2C(=O)Nc2ccccc2N2CCOCC2)cc1. The summed E-state index contributed by atoms with van der Waals surface area (Å²) in [7, 11) is 0. The Morgan fingerprint density at radius 3 is 2.31 bits per heavy atom. The molecule has 2 fully saturated rings. The van der Waals surface area contributed by atoms with E-state index >= 15 is 0 Å².